The van der Waals surface area contributed by atoms with Gasteiger partial charge in [-0.1, -0.05) is 97.1 Å². The summed E-state index contributed by atoms with van der Waals surface area (Å²) < 4.78 is 4.28. The summed E-state index contributed by atoms with van der Waals surface area (Å²) in [7, 11) is 0. The van der Waals surface area contributed by atoms with E-state index in [1.807, 2.05) is 54.9 Å². The third-order valence-electron chi connectivity index (χ3n) is 8.80. The van der Waals surface area contributed by atoms with Crippen LogP contribution >= 0.6 is 0 Å². The summed E-state index contributed by atoms with van der Waals surface area (Å²) >= 11 is 0. The van der Waals surface area contributed by atoms with E-state index >= 15 is 0 Å². The SMILES string of the molecule is c1ccc(-c2cccc(-c3cnc4c(n3)c3ccccc3c3nc(-n5c6ccccc6n6c7ccccc7nc56)cnc34)c2)cc1. The van der Waals surface area contributed by atoms with E-state index in [1.165, 1.54) is 0 Å². The standard InChI is InChI=1S/C39H23N7/c1-2-11-24(12-3-1)25-13-10-14-26(21-25)30-22-40-37-35(42-30)27-15-4-5-16-28(27)36-38(37)41-23-34(44-36)46-33-20-9-8-19-32(33)45-31-18-7-6-17-29(31)43-39(45)46/h1-23H. The van der Waals surface area contributed by atoms with Gasteiger partial charge in [-0.05, 0) is 41.5 Å². The van der Waals surface area contributed by atoms with Crippen molar-refractivity contribution in [2.75, 3.05) is 0 Å². The third kappa shape index (κ3) is 3.56. The highest BCUT2D eigenvalue weighted by Gasteiger charge is 2.20. The van der Waals surface area contributed by atoms with Crippen molar-refractivity contribution in [3.63, 3.8) is 0 Å². The number of hydrogen-bond acceptors (Lipinski definition) is 5. The van der Waals surface area contributed by atoms with E-state index in [0.29, 0.717) is 5.82 Å². The van der Waals surface area contributed by atoms with Gasteiger partial charge in [0.1, 0.15) is 16.6 Å². The molecule has 4 heterocycles. The molecule has 0 saturated carbocycles. The highest BCUT2D eigenvalue weighted by atomic mass is 15.2. The highest BCUT2D eigenvalue weighted by Crippen LogP contribution is 2.35. The molecule has 0 bridgehead atoms. The van der Waals surface area contributed by atoms with Crippen molar-refractivity contribution in [3.8, 4) is 28.2 Å². The summed E-state index contributed by atoms with van der Waals surface area (Å²) in [5, 5.41) is 1.96. The van der Waals surface area contributed by atoms with Crippen molar-refractivity contribution in [1.82, 2.24) is 33.9 Å². The highest BCUT2D eigenvalue weighted by molar-refractivity contribution is 6.20. The number of imidazole rings is 2. The lowest BCUT2D eigenvalue weighted by Gasteiger charge is -2.11. The number of nitrogens with zero attached hydrogens (tertiary/aromatic N) is 7. The average Bonchev–Trinajstić information content (AvgIpc) is 3.66. The lowest BCUT2D eigenvalue weighted by molar-refractivity contribution is 1.04. The van der Waals surface area contributed by atoms with Crippen LogP contribution in [0, 0.1) is 0 Å². The number of hydrogen-bond donors (Lipinski definition) is 0. The first-order valence-electron chi connectivity index (χ1n) is 15.2. The van der Waals surface area contributed by atoms with Gasteiger partial charge in [-0.25, -0.2) is 24.9 Å². The van der Waals surface area contributed by atoms with Crippen molar-refractivity contribution in [2.24, 2.45) is 0 Å². The molecule has 0 atom stereocenters. The number of aromatic nitrogens is 7. The van der Waals surface area contributed by atoms with E-state index < -0.39 is 0 Å². The van der Waals surface area contributed by atoms with E-state index in [0.717, 1.165) is 83.1 Å². The van der Waals surface area contributed by atoms with Gasteiger partial charge < -0.3 is 0 Å². The van der Waals surface area contributed by atoms with Crippen LogP contribution in [0.1, 0.15) is 0 Å². The molecule has 0 aliphatic carbocycles. The zero-order valence-electron chi connectivity index (χ0n) is 24.4. The molecule has 10 rings (SSSR count). The Morgan fingerprint density at radius 3 is 1.89 bits per heavy atom. The third-order valence-corrected chi connectivity index (χ3v) is 8.80. The minimum atomic E-state index is 0.695. The summed E-state index contributed by atoms with van der Waals surface area (Å²) in [4.78, 5) is 25.5. The van der Waals surface area contributed by atoms with Gasteiger partial charge in [0.15, 0.2) is 5.82 Å². The fourth-order valence-electron chi connectivity index (χ4n) is 6.70. The first kappa shape index (κ1) is 24.9. The van der Waals surface area contributed by atoms with Crippen LogP contribution in [-0.2, 0) is 0 Å². The molecule has 0 aliphatic rings. The van der Waals surface area contributed by atoms with Gasteiger partial charge in [-0.3, -0.25) is 8.97 Å². The Kier molecular flexibility index (Phi) is 5.15. The normalized spacial score (nSPS) is 11.9. The second-order valence-electron chi connectivity index (χ2n) is 11.4. The van der Waals surface area contributed by atoms with Crippen LogP contribution in [0.2, 0.25) is 0 Å². The molecule has 0 N–H and O–H groups in total. The van der Waals surface area contributed by atoms with Gasteiger partial charge in [0.25, 0.3) is 0 Å². The Morgan fingerprint density at radius 2 is 1.07 bits per heavy atom. The van der Waals surface area contributed by atoms with Crippen molar-refractivity contribution in [1.29, 1.82) is 0 Å². The number of rotatable bonds is 3. The van der Waals surface area contributed by atoms with E-state index in [4.69, 9.17) is 24.9 Å². The Labute approximate surface area is 262 Å². The van der Waals surface area contributed by atoms with E-state index in [1.54, 1.807) is 0 Å². The predicted molar refractivity (Wildman–Crippen MR) is 184 cm³/mol. The summed E-state index contributed by atoms with van der Waals surface area (Å²) in [6.45, 7) is 0. The molecule has 46 heavy (non-hydrogen) atoms. The molecule has 0 amide bonds. The number of fused-ring (bicyclic) bond motifs is 11. The maximum Gasteiger partial charge on any atom is 0.221 e. The molecular formula is C39H23N7. The molecule has 0 spiro atoms. The van der Waals surface area contributed by atoms with Crippen LogP contribution in [0.5, 0.6) is 0 Å². The Morgan fingerprint density at radius 1 is 0.435 bits per heavy atom. The second kappa shape index (κ2) is 9.51. The van der Waals surface area contributed by atoms with Crippen LogP contribution in [0.25, 0.3) is 88.9 Å². The fourth-order valence-corrected chi connectivity index (χ4v) is 6.70. The van der Waals surface area contributed by atoms with Crippen molar-refractivity contribution in [2.45, 2.75) is 0 Å². The molecule has 0 fully saturated rings. The number of benzene rings is 6. The lowest BCUT2D eigenvalue weighted by Crippen LogP contribution is -2.02. The van der Waals surface area contributed by atoms with E-state index in [-0.39, 0.29) is 0 Å². The monoisotopic (exact) mass is 589 g/mol. The Hall–Kier alpha value is -6.47. The maximum atomic E-state index is 5.27. The first-order valence-corrected chi connectivity index (χ1v) is 15.2. The smallest absolute Gasteiger partial charge is 0.221 e. The quantitative estimate of drug-likeness (QED) is 0.193. The minimum absolute atomic E-state index is 0.695. The molecule has 7 heteroatoms. The molecule has 214 valence electrons. The maximum absolute atomic E-state index is 5.27. The summed E-state index contributed by atoms with van der Waals surface area (Å²) in [6, 6.07) is 43.6. The van der Waals surface area contributed by atoms with Crippen LogP contribution < -0.4 is 0 Å². The van der Waals surface area contributed by atoms with Gasteiger partial charge in [-0.2, -0.15) is 0 Å². The molecule has 7 nitrogen and oxygen atoms in total. The Balaban J connectivity index is 1.21. The fraction of sp³-hybridized carbons (Fsp3) is 0. The van der Waals surface area contributed by atoms with Crippen molar-refractivity contribution < 1.29 is 0 Å². The van der Waals surface area contributed by atoms with Gasteiger partial charge in [0, 0.05) is 16.3 Å². The Bertz CT molecular complexity index is 2790. The molecular weight excluding hydrogens is 566 g/mol. The van der Waals surface area contributed by atoms with E-state index in [9.17, 15) is 0 Å². The van der Waals surface area contributed by atoms with Crippen LogP contribution in [0.15, 0.2) is 140 Å². The summed E-state index contributed by atoms with van der Waals surface area (Å²) in [5.41, 5.74) is 11.2. The number of para-hydroxylation sites is 4. The molecule has 0 radical (unpaired) electrons. The first-order chi connectivity index (χ1) is 22.8. The summed E-state index contributed by atoms with van der Waals surface area (Å²) in [5.74, 6) is 1.49. The summed E-state index contributed by atoms with van der Waals surface area (Å²) in [6.07, 6.45) is 3.66. The van der Waals surface area contributed by atoms with Crippen LogP contribution in [-0.4, -0.2) is 33.9 Å². The topological polar surface area (TPSA) is 73.8 Å². The van der Waals surface area contributed by atoms with Crippen molar-refractivity contribution in [3.05, 3.63) is 140 Å². The zero-order valence-corrected chi connectivity index (χ0v) is 24.4. The van der Waals surface area contributed by atoms with Gasteiger partial charge in [0.05, 0.1) is 45.7 Å². The zero-order chi connectivity index (χ0) is 30.2. The van der Waals surface area contributed by atoms with Crippen molar-refractivity contribution >= 4 is 60.7 Å². The largest absolute Gasteiger partial charge is 0.276 e. The average molecular weight is 590 g/mol. The minimum Gasteiger partial charge on any atom is -0.276 e. The van der Waals surface area contributed by atoms with E-state index in [2.05, 4.69) is 93.9 Å². The molecule has 0 unspecified atom stereocenters. The van der Waals surface area contributed by atoms with Crippen LogP contribution in [0.4, 0.5) is 0 Å². The van der Waals surface area contributed by atoms with Gasteiger partial charge in [0.2, 0.25) is 5.78 Å². The second-order valence-corrected chi connectivity index (χ2v) is 11.4. The molecule has 0 saturated heterocycles. The van der Waals surface area contributed by atoms with Gasteiger partial charge >= 0.3 is 0 Å². The molecule has 4 aromatic heterocycles. The molecule has 0 aliphatic heterocycles. The predicted octanol–water partition coefficient (Wildman–Crippen LogP) is 8.80. The molecule has 10 aromatic rings. The van der Waals surface area contributed by atoms with Crippen LogP contribution in [0.3, 0.4) is 0 Å². The lowest BCUT2D eigenvalue weighted by atomic mass is 10.0. The molecule has 6 aromatic carbocycles. The van der Waals surface area contributed by atoms with Gasteiger partial charge in [-0.15, -0.1) is 0 Å².